The van der Waals surface area contributed by atoms with E-state index in [2.05, 4.69) is 10.6 Å². The number of amides is 2. The number of halogens is 1. The van der Waals surface area contributed by atoms with Crippen LogP contribution in [0.1, 0.15) is 22.8 Å². The molecule has 1 atom stereocenters. The number of carbonyl (C=O) groups excluding carboxylic acids is 2. The first-order valence-electron chi connectivity index (χ1n) is 6.94. The number of rotatable bonds is 5. The van der Waals surface area contributed by atoms with E-state index in [1.54, 1.807) is 43.3 Å². The van der Waals surface area contributed by atoms with Crippen molar-refractivity contribution in [2.75, 3.05) is 0 Å². The fourth-order valence-corrected chi connectivity index (χ4v) is 1.88. The Morgan fingerprint density at radius 2 is 1.68 bits per heavy atom. The van der Waals surface area contributed by atoms with Crippen molar-refractivity contribution >= 4 is 11.8 Å². The molecule has 0 aliphatic carbocycles. The molecular weight excluding hydrogens is 283 g/mol. The third kappa shape index (κ3) is 4.41. The molecule has 0 heterocycles. The zero-order valence-corrected chi connectivity index (χ0v) is 12.2. The van der Waals surface area contributed by atoms with Crippen LogP contribution in [-0.4, -0.2) is 17.9 Å². The lowest BCUT2D eigenvalue weighted by molar-refractivity contribution is -0.122. The second-order valence-corrected chi connectivity index (χ2v) is 4.91. The summed E-state index contributed by atoms with van der Waals surface area (Å²) in [4.78, 5) is 23.9. The van der Waals surface area contributed by atoms with Crippen molar-refractivity contribution in [2.45, 2.75) is 19.5 Å². The lowest BCUT2D eigenvalue weighted by Crippen LogP contribution is -2.44. The smallest absolute Gasteiger partial charge is 0.251 e. The van der Waals surface area contributed by atoms with Gasteiger partial charge in [-0.2, -0.15) is 0 Å². The van der Waals surface area contributed by atoms with Crippen molar-refractivity contribution in [3.8, 4) is 0 Å². The molecule has 0 fully saturated rings. The van der Waals surface area contributed by atoms with Crippen LogP contribution >= 0.6 is 0 Å². The molecule has 114 valence electrons. The highest BCUT2D eigenvalue weighted by Crippen LogP contribution is 2.02. The normalized spacial score (nSPS) is 11.5. The summed E-state index contributed by atoms with van der Waals surface area (Å²) < 4.78 is 12.8. The Morgan fingerprint density at radius 3 is 2.32 bits per heavy atom. The second kappa shape index (κ2) is 7.36. The summed E-state index contributed by atoms with van der Waals surface area (Å²) in [6.07, 6.45) is 0. The van der Waals surface area contributed by atoms with E-state index in [4.69, 9.17) is 0 Å². The summed E-state index contributed by atoms with van der Waals surface area (Å²) in [5, 5.41) is 5.33. The molecule has 0 spiro atoms. The Labute approximate surface area is 128 Å². The van der Waals surface area contributed by atoms with Gasteiger partial charge in [0.1, 0.15) is 11.9 Å². The standard InChI is InChI=1S/C17H17FN2O2/c1-12(20-17(22)14-5-3-2-4-6-14)16(21)19-11-13-7-9-15(18)10-8-13/h2-10,12H,11H2,1H3,(H,19,21)(H,20,22)/t12-/m1/s1. The second-order valence-electron chi connectivity index (χ2n) is 4.91. The zero-order valence-electron chi connectivity index (χ0n) is 12.2. The van der Waals surface area contributed by atoms with Crippen LogP contribution in [0.4, 0.5) is 4.39 Å². The first-order chi connectivity index (χ1) is 10.6. The van der Waals surface area contributed by atoms with Crippen molar-refractivity contribution in [3.63, 3.8) is 0 Å². The van der Waals surface area contributed by atoms with Gasteiger partial charge in [-0.3, -0.25) is 9.59 Å². The van der Waals surface area contributed by atoms with Crippen LogP contribution in [0.5, 0.6) is 0 Å². The summed E-state index contributed by atoms with van der Waals surface area (Å²) >= 11 is 0. The van der Waals surface area contributed by atoms with E-state index >= 15 is 0 Å². The van der Waals surface area contributed by atoms with E-state index in [1.807, 2.05) is 6.07 Å². The molecule has 2 rings (SSSR count). The first kappa shape index (κ1) is 15.7. The van der Waals surface area contributed by atoms with Crippen LogP contribution in [-0.2, 0) is 11.3 Å². The molecule has 0 aromatic heterocycles. The average Bonchev–Trinajstić information content (AvgIpc) is 2.54. The molecule has 0 aliphatic rings. The third-order valence-corrected chi connectivity index (χ3v) is 3.16. The van der Waals surface area contributed by atoms with E-state index in [0.29, 0.717) is 5.56 Å². The maximum absolute atomic E-state index is 12.8. The Hall–Kier alpha value is -2.69. The van der Waals surface area contributed by atoms with Crippen LogP contribution < -0.4 is 10.6 Å². The fraction of sp³-hybridized carbons (Fsp3) is 0.176. The molecule has 2 aromatic carbocycles. The predicted molar refractivity (Wildman–Crippen MR) is 81.6 cm³/mol. The molecule has 0 aliphatic heterocycles. The van der Waals surface area contributed by atoms with E-state index in [9.17, 15) is 14.0 Å². The molecule has 2 amide bonds. The molecule has 2 N–H and O–H groups in total. The Bertz CT molecular complexity index is 641. The maximum atomic E-state index is 12.8. The van der Waals surface area contributed by atoms with Gasteiger partial charge in [0.2, 0.25) is 5.91 Å². The van der Waals surface area contributed by atoms with Crippen LogP contribution in [0.3, 0.4) is 0 Å². The monoisotopic (exact) mass is 300 g/mol. The number of hydrogen-bond donors (Lipinski definition) is 2. The molecule has 0 radical (unpaired) electrons. The van der Waals surface area contributed by atoms with Crippen molar-refractivity contribution in [1.82, 2.24) is 10.6 Å². The van der Waals surface area contributed by atoms with Gasteiger partial charge in [0.05, 0.1) is 0 Å². The van der Waals surface area contributed by atoms with Crippen molar-refractivity contribution in [1.29, 1.82) is 0 Å². The van der Waals surface area contributed by atoms with Crippen LogP contribution in [0, 0.1) is 5.82 Å². The summed E-state index contributed by atoms with van der Waals surface area (Å²) in [5.74, 6) is -0.919. The molecule has 0 bridgehead atoms. The largest absolute Gasteiger partial charge is 0.350 e. The van der Waals surface area contributed by atoms with Gasteiger partial charge < -0.3 is 10.6 Å². The number of benzene rings is 2. The van der Waals surface area contributed by atoms with Gasteiger partial charge in [0, 0.05) is 12.1 Å². The van der Waals surface area contributed by atoms with E-state index in [-0.39, 0.29) is 24.2 Å². The lowest BCUT2D eigenvalue weighted by Gasteiger charge is -2.14. The molecule has 0 saturated carbocycles. The van der Waals surface area contributed by atoms with Crippen LogP contribution in [0.2, 0.25) is 0 Å². The minimum absolute atomic E-state index is 0.282. The van der Waals surface area contributed by atoms with E-state index in [1.165, 1.54) is 12.1 Å². The fourth-order valence-electron chi connectivity index (χ4n) is 1.88. The summed E-state index contributed by atoms with van der Waals surface area (Å²) in [6.45, 7) is 1.89. The zero-order chi connectivity index (χ0) is 15.9. The van der Waals surface area contributed by atoms with Gasteiger partial charge in [0.25, 0.3) is 5.91 Å². The van der Waals surface area contributed by atoms with Crippen molar-refractivity contribution in [2.24, 2.45) is 0 Å². The Morgan fingerprint density at radius 1 is 1.05 bits per heavy atom. The van der Waals surface area contributed by atoms with Gasteiger partial charge in [0.15, 0.2) is 0 Å². The highest BCUT2D eigenvalue weighted by molar-refractivity contribution is 5.97. The van der Waals surface area contributed by atoms with Gasteiger partial charge in [-0.15, -0.1) is 0 Å². The molecule has 2 aromatic rings. The molecular formula is C17H17FN2O2. The van der Waals surface area contributed by atoms with Crippen molar-refractivity contribution in [3.05, 3.63) is 71.5 Å². The van der Waals surface area contributed by atoms with Gasteiger partial charge >= 0.3 is 0 Å². The van der Waals surface area contributed by atoms with E-state index in [0.717, 1.165) is 5.56 Å². The lowest BCUT2D eigenvalue weighted by atomic mass is 10.2. The van der Waals surface area contributed by atoms with Crippen LogP contribution in [0.15, 0.2) is 54.6 Å². The molecule has 22 heavy (non-hydrogen) atoms. The number of nitrogens with one attached hydrogen (secondary N) is 2. The summed E-state index contributed by atoms with van der Waals surface area (Å²) in [7, 11) is 0. The third-order valence-electron chi connectivity index (χ3n) is 3.16. The topological polar surface area (TPSA) is 58.2 Å². The summed E-state index contributed by atoms with van der Waals surface area (Å²) in [6, 6.07) is 13.9. The maximum Gasteiger partial charge on any atom is 0.251 e. The SMILES string of the molecule is C[C@@H](NC(=O)c1ccccc1)C(=O)NCc1ccc(F)cc1. The molecule has 0 unspecified atom stereocenters. The first-order valence-corrected chi connectivity index (χ1v) is 6.94. The molecule has 4 nitrogen and oxygen atoms in total. The number of carbonyl (C=O) groups is 2. The molecule has 0 saturated heterocycles. The van der Waals surface area contributed by atoms with Gasteiger partial charge in [-0.25, -0.2) is 4.39 Å². The van der Waals surface area contributed by atoms with Gasteiger partial charge in [-0.05, 0) is 36.8 Å². The minimum atomic E-state index is -0.659. The highest BCUT2D eigenvalue weighted by atomic mass is 19.1. The molecule has 5 heteroatoms. The highest BCUT2D eigenvalue weighted by Gasteiger charge is 2.16. The number of hydrogen-bond acceptors (Lipinski definition) is 2. The summed E-state index contributed by atoms with van der Waals surface area (Å²) in [5.41, 5.74) is 1.29. The van der Waals surface area contributed by atoms with Gasteiger partial charge in [-0.1, -0.05) is 30.3 Å². The Kier molecular flexibility index (Phi) is 5.25. The Balaban J connectivity index is 1.84. The minimum Gasteiger partial charge on any atom is -0.350 e. The quantitative estimate of drug-likeness (QED) is 0.890. The van der Waals surface area contributed by atoms with Crippen molar-refractivity contribution < 1.29 is 14.0 Å². The average molecular weight is 300 g/mol. The predicted octanol–water partition coefficient (Wildman–Crippen LogP) is 2.26. The van der Waals surface area contributed by atoms with E-state index < -0.39 is 6.04 Å². The van der Waals surface area contributed by atoms with Crippen LogP contribution in [0.25, 0.3) is 0 Å².